The van der Waals surface area contributed by atoms with Gasteiger partial charge in [0.05, 0.1) is 6.61 Å². The van der Waals surface area contributed by atoms with Crippen LogP contribution in [0, 0.1) is 5.92 Å². The van der Waals surface area contributed by atoms with E-state index in [1.165, 1.54) is 0 Å². The smallest absolute Gasteiger partial charge is 0.227 e. The number of ether oxygens (including phenoxy) is 1. The van der Waals surface area contributed by atoms with E-state index in [9.17, 15) is 4.79 Å². The molecule has 2 fully saturated rings. The van der Waals surface area contributed by atoms with Crippen molar-refractivity contribution in [3.63, 3.8) is 0 Å². The fourth-order valence-corrected chi connectivity index (χ4v) is 2.11. The maximum atomic E-state index is 11.4. The van der Waals surface area contributed by atoms with Crippen molar-refractivity contribution in [2.24, 2.45) is 5.92 Å². The number of carbonyl (C=O) groups excluding carboxylic acids is 1. The van der Waals surface area contributed by atoms with Crippen LogP contribution in [0.3, 0.4) is 0 Å². The molecular weight excluding hydrogens is 142 g/mol. The van der Waals surface area contributed by atoms with Crippen molar-refractivity contribution in [1.29, 1.82) is 0 Å². The molecule has 0 aromatic heterocycles. The predicted octanol–water partition coefficient (Wildman–Crippen LogP) is 0.601. The highest BCUT2D eigenvalue weighted by Crippen LogP contribution is 2.37. The number of hydrogen-bond donors (Lipinski definition) is 0. The van der Waals surface area contributed by atoms with Crippen molar-refractivity contribution in [2.75, 3.05) is 13.2 Å². The number of carbonyl (C=O) groups is 1. The fraction of sp³-hybridized carbons (Fsp3) is 0.875. The van der Waals surface area contributed by atoms with E-state index in [0.29, 0.717) is 6.61 Å². The van der Waals surface area contributed by atoms with Gasteiger partial charge in [0.2, 0.25) is 5.91 Å². The molecule has 1 amide bonds. The first-order chi connectivity index (χ1) is 5.13. The van der Waals surface area contributed by atoms with E-state index in [1.54, 1.807) is 0 Å². The molecule has 2 aliphatic rings. The molecule has 2 aliphatic heterocycles. The van der Waals surface area contributed by atoms with Crippen molar-refractivity contribution in [2.45, 2.75) is 26.0 Å². The van der Waals surface area contributed by atoms with Crippen LogP contribution < -0.4 is 0 Å². The second-order valence-corrected chi connectivity index (χ2v) is 3.62. The molecule has 0 bridgehead atoms. The first-order valence-corrected chi connectivity index (χ1v) is 4.09. The highest BCUT2D eigenvalue weighted by atomic mass is 16.5. The number of amides is 1. The van der Waals surface area contributed by atoms with E-state index in [1.807, 2.05) is 18.7 Å². The minimum absolute atomic E-state index is 0.153. The van der Waals surface area contributed by atoms with Crippen LogP contribution in [0.25, 0.3) is 0 Å². The Morgan fingerprint density at radius 3 is 3.09 bits per heavy atom. The lowest BCUT2D eigenvalue weighted by molar-refractivity contribution is -0.136. The third-order valence-electron chi connectivity index (χ3n) is 2.67. The number of fused-ring (bicyclic) bond motifs is 1. The van der Waals surface area contributed by atoms with Gasteiger partial charge in [-0.25, -0.2) is 0 Å². The molecule has 2 heterocycles. The second-order valence-electron chi connectivity index (χ2n) is 3.62. The van der Waals surface area contributed by atoms with Gasteiger partial charge in [-0.15, -0.1) is 0 Å². The van der Waals surface area contributed by atoms with Gasteiger partial charge in [0.1, 0.15) is 5.72 Å². The van der Waals surface area contributed by atoms with Gasteiger partial charge in [-0.2, -0.15) is 0 Å². The Kier molecular flexibility index (Phi) is 1.27. The molecule has 0 aliphatic carbocycles. The lowest BCUT2D eigenvalue weighted by atomic mass is 10.1. The van der Waals surface area contributed by atoms with Crippen LogP contribution in [0.2, 0.25) is 0 Å². The predicted molar refractivity (Wildman–Crippen MR) is 39.9 cm³/mol. The Morgan fingerprint density at radius 2 is 2.45 bits per heavy atom. The molecule has 0 spiro atoms. The Bertz CT molecular complexity index is 204. The van der Waals surface area contributed by atoms with Crippen LogP contribution >= 0.6 is 0 Å². The second kappa shape index (κ2) is 1.97. The van der Waals surface area contributed by atoms with E-state index in [0.717, 1.165) is 13.0 Å². The summed E-state index contributed by atoms with van der Waals surface area (Å²) in [4.78, 5) is 13.3. The van der Waals surface area contributed by atoms with Crippen LogP contribution in [0.1, 0.15) is 20.3 Å². The molecule has 2 atom stereocenters. The zero-order chi connectivity index (χ0) is 8.06. The van der Waals surface area contributed by atoms with Gasteiger partial charge in [-0.1, -0.05) is 6.92 Å². The summed E-state index contributed by atoms with van der Waals surface area (Å²) in [6.45, 7) is 5.45. The molecule has 0 N–H and O–H groups in total. The van der Waals surface area contributed by atoms with Gasteiger partial charge in [0.15, 0.2) is 0 Å². The van der Waals surface area contributed by atoms with Gasteiger partial charge < -0.3 is 9.64 Å². The van der Waals surface area contributed by atoms with E-state index in [4.69, 9.17) is 4.74 Å². The molecule has 62 valence electrons. The third-order valence-corrected chi connectivity index (χ3v) is 2.67. The minimum Gasteiger partial charge on any atom is -0.354 e. The Morgan fingerprint density at radius 1 is 1.73 bits per heavy atom. The molecule has 0 saturated carbocycles. The number of nitrogens with zero attached hydrogens (tertiary/aromatic N) is 1. The summed E-state index contributed by atoms with van der Waals surface area (Å²) in [5.74, 6) is 0.408. The lowest BCUT2D eigenvalue weighted by Gasteiger charge is -2.24. The highest BCUT2D eigenvalue weighted by Gasteiger charge is 2.49. The van der Waals surface area contributed by atoms with E-state index >= 15 is 0 Å². The largest absolute Gasteiger partial charge is 0.354 e. The van der Waals surface area contributed by atoms with Gasteiger partial charge in [0.25, 0.3) is 0 Å². The van der Waals surface area contributed by atoms with Crippen molar-refractivity contribution in [1.82, 2.24) is 4.90 Å². The fourth-order valence-electron chi connectivity index (χ4n) is 2.11. The van der Waals surface area contributed by atoms with Gasteiger partial charge in [-0.05, 0) is 6.92 Å². The summed E-state index contributed by atoms with van der Waals surface area (Å²) >= 11 is 0. The average molecular weight is 155 g/mol. The zero-order valence-electron chi connectivity index (χ0n) is 6.96. The van der Waals surface area contributed by atoms with E-state index < -0.39 is 0 Å². The summed E-state index contributed by atoms with van der Waals surface area (Å²) in [6, 6.07) is 0. The summed E-state index contributed by atoms with van der Waals surface area (Å²) < 4.78 is 5.51. The molecule has 0 aromatic carbocycles. The summed E-state index contributed by atoms with van der Waals surface area (Å²) in [6.07, 6.45) is 0.853. The SMILES string of the molecule is CC1C[C@@]2(C)OCCN2C1=O. The van der Waals surface area contributed by atoms with Crippen LogP contribution in [-0.4, -0.2) is 29.7 Å². The van der Waals surface area contributed by atoms with Crippen LogP contribution in [-0.2, 0) is 9.53 Å². The van der Waals surface area contributed by atoms with Gasteiger partial charge >= 0.3 is 0 Å². The van der Waals surface area contributed by atoms with Crippen LogP contribution in [0.4, 0.5) is 0 Å². The Hall–Kier alpha value is -0.570. The Balaban J connectivity index is 2.28. The van der Waals surface area contributed by atoms with Crippen molar-refractivity contribution in [3.8, 4) is 0 Å². The quantitative estimate of drug-likeness (QED) is 0.512. The summed E-state index contributed by atoms with van der Waals surface area (Å²) in [5.41, 5.74) is -0.267. The molecule has 2 saturated heterocycles. The van der Waals surface area contributed by atoms with E-state index in [2.05, 4.69) is 0 Å². The van der Waals surface area contributed by atoms with Crippen LogP contribution in [0.5, 0.6) is 0 Å². The molecular formula is C8H13NO2. The van der Waals surface area contributed by atoms with Gasteiger partial charge in [0, 0.05) is 18.9 Å². The number of hydrogen-bond acceptors (Lipinski definition) is 2. The maximum absolute atomic E-state index is 11.4. The average Bonchev–Trinajstić information content (AvgIpc) is 2.36. The monoisotopic (exact) mass is 155 g/mol. The number of rotatable bonds is 0. The van der Waals surface area contributed by atoms with Crippen molar-refractivity contribution < 1.29 is 9.53 Å². The third kappa shape index (κ3) is 0.805. The normalized spacial score (nSPS) is 43.3. The van der Waals surface area contributed by atoms with Crippen LogP contribution in [0.15, 0.2) is 0 Å². The molecule has 3 heteroatoms. The standard InChI is InChI=1S/C8H13NO2/c1-6-5-8(2)9(7(6)10)3-4-11-8/h6H,3-5H2,1-2H3/t6?,8-/m1/s1. The molecule has 2 rings (SSSR count). The molecule has 11 heavy (non-hydrogen) atoms. The molecule has 1 unspecified atom stereocenters. The topological polar surface area (TPSA) is 29.5 Å². The molecule has 0 radical (unpaired) electrons. The summed E-state index contributed by atoms with van der Waals surface area (Å²) in [7, 11) is 0. The Labute approximate surface area is 66.3 Å². The molecule has 3 nitrogen and oxygen atoms in total. The highest BCUT2D eigenvalue weighted by molar-refractivity contribution is 5.81. The van der Waals surface area contributed by atoms with Crippen molar-refractivity contribution >= 4 is 5.91 Å². The lowest BCUT2D eigenvalue weighted by Crippen LogP contribution is -2.38. The first kappa shape index (κ1) is 7.10. The zero-order valence-corrected chi connectivity index (χ0v) is 6.96. The molecule has 0 aromatic rings. The van der Waals surface area contributed by atoms with Crippen molar-refractivity contribution in [3.05, 3.63) is 0 Å². The first-order valence-electron chi connectivity index (χ1n) is 4.09. The minimum atomic E-state index is -0.267. The van der Waals surface area contributed by atoms with E-state index in [-0.39, 0.29) is 17.6 Å². The summed E-state index contributed by atoms with van der Waals surface area (Å²) in [5, 5.41) is 0. The maximum Gasteiger partial charge on any atom is 0.227 e. The van der Waals surface area contributed by atoms with Gasteiger partial charge in [-0.3, -0.25) is 4.79 Å².